The van der Waals surface area contributed by atoms with Crippen molar-refractivity contribution in [3.63, 3.8) is 0 Å². The number of unbranched alkanes of at least 4 members (excludes halogenated alkanes) is 1. The van der Waals surface area contributed by atoms with E-state index in [0.717, 1.165) is 51.9 Å². The molecule has 0 aliphatic carbocycles. The van der Waals surface area contributed by atoms with Gasteiger partial charge in [0.1, 0.15) is 0 Å². The Bertz CT molecular complexity index is 198. The normalized spacial score (nSPS) is 37.7. The zero-order valence-electron chi connectivity index (χ0n) is 11.5. The number of hydrogen-bond acceptors (Lipinski definition) is 2. The summed E-state index contributed by atoms with van der Waals surface area (Å²) in [6.07, 6.45) is 6.54. The summed E-state index contributed by atoms with van der Waals surface area (Å²) in [5, 5.41) is 18.9. The molecule has 4 heteroatoms. The first-order valence-electron chi connectivity index (χ1n) is 7.77. The van der Waals surface area contributed by atoms with Gasteiger partial charge in [-0.05, 0) is 0 Å². The standard InChI is InChI=1S/C14H28N2O2/c17-13-3-9-15(10-4-13)7-1-2-8-16-11-5-14(18)6-12-16/h13-14,17-18H,1-12H2/p+2. The summed E-state index contributed by atoms with van der Waals surface area (Å²) in [7, 11) is 0. The summed E-state index contributed by atoms with van der Waals surface area (Å²) in [4.78, 5) is 3.37. The molecule has 0 aromatic carbocycles. The maximum atomic E-state index is 9.45. The van der Waals surface area contributed by atoms with Gasteiger partial charge in [0.15, 0.2) is 0 Å². The molecule has 0 bridgehead atoms. The Morgan fingerprint density at radius 2 is 1.00 bits per heavy atom. The molecule has 2 aliphatic heterocycles. The maximum absolute atomic E-state index is 9.45. The van der Waals surface area contributed by atoms with E-state index in [2.05, 4.69) is 0 Å². The van der Waals surface area contributed by atoms with Crippen molar-refractivity contribution in [2.45, 2.75) is 50.7 Å². The molecule has 0 unspecified atom stereocenters. The Hall–Kier alpha value is -0.160. The fourth-order valence-electron chi connectivity index (χ4n) is 3.27. The molecular weight excluding hydrogens is 228 g/mol. The predicted octanol–water partition coefficient (Wildman–Crippen LogP) is -2.15. The van der Waals surface area contributed by atoms with Crippen LogP contribution in [0.4, 0.5) is 0 Å². The van der Waals surface area contributed by atoms with E-state index in [1.54, 1.807) is 9.80 Å². The zero-order chi connectivity index (χ0) is 12.8. The van der Waals surface area contributed by atoms with E-state index in [4.69, 9.17) is 0 Å². The molecule has 2 aliphatic rings. The van der Waals surface area contributed by atoms with Crippen LogP contribution in [0.1, 0.15) is 38.5 Å². The van der Waals surface area contributed by atoms with Crippen LogP contribution in [0.25, 0.3) is 0 Å². The monoisotopic (exact) mass is 258 g/mol. The van der Waals surface area contributed by atoms with Gasteiger partial charge in [0, 0.05) is 38.5 Å². The van der Waals surface area contributed by atoms with Crippen LogP contribution in [0.5, 0.6) is 0 Å². The van der Waals surface area contributed by atoms with E-state index in [1.165, 1.54) is 25.9 Å². The van der Waals surface area contributed by atoms with Gasteiger partial charge in [-0.3, -0.25) is 0 Å². The molecule has 0 aromatic heterocycles. The molecule has 2 fully saturated rings. The fraction of sp³-hybridized carbons (Fsp3) is 1.00. The zero-order valence-corrected chi connectivity index (χ0v) is 11.5. The van der Waals surface area contributed by atoms with E-state index in [-0.39, 0.29) is 12.2 Å². The number of nitrogens with one attached hydrogen (secondary N) is 2. The van der Waals surface area contributed by atoms with Gasteiger partial charge in [0.25, 0.3) is 0 Å². The first-order chi connectivity index (χ1) is 8.74. The first kappa shape index (κ1) is 14.3. The average molecular weight is 258 g/mol. The van der Waals surface area contributed by atoms with Crippen molar-refractivity contribution in [3.8, 4) is 0 Å². The molecule has 0 aromatic rings. The fourth-order valence-corrected chi connectivity index (χ4v) is 3.27. The molecule has 18 heavy (non-hydrogen) atoms. The van der Waals surface area contributed by atoms with E-state index in [0.29, 0.717) is 0 Å². The minimum absolute atomic E-state index is 0.0297. The molecule has 4 N–H and O–H groups in total. The Balaban J connectivity index is 1.48. The highest BCUT2D eigenvalue weighted by molar-refractivity contribution is 4.59. The Kier molecular flexibility index (Phi) is 5.89. The third kappa shape index (κ3) is 4.84. The second kappa shape index (κ2) is 7.43. The smallest absolute Gasteiger partial charge is 0.0796 e. The number of hydrogen-bond donors (Lipinski definition) is 4. The summed E-state index contributed by atoms with van der Waals surface area (Å²) in [5.41, 5.74) is 0. The van der Waals surface area contributed by atoms with Crippen LogP contribution in [0.3, 0.4) is 0 Å². The summed E-state index contributed by atoms with van der Waals surface area (Å²) in [5.74, 6) is 0. The number of rotatable bonds is 5. The molecule has 4 nitrogen and oxygen atoms in total. The topological polar surface area (TPSA) is 49.3 Å². The van der Waals surface area contributed by atoms with Crippen LogP contribution in [0.2, 0.25) is 0 Å². The van der Waals surface area contributed by atoms with Gasteiger partial charge >= 0.3 is 0 Å². The summed E-state index contributed by atoms with van der Waals surface area (Å²) >= 11 is 0. The molecule has 0 atom stereocenters. The lowest BCUT2D eigenvalue weighted by Gasteiger charge is -2.28. The van der Waals surface area contributed by atoms with Gasteiger partial charge in [-0.15, -0.1) is 0 Å². The third-order valence-electron chi connectivity index (χ3n) is 4.64. The lowest BCUT2D eigenvalue weighted by atomic mass is 10.1. The van der Waals surface area contributed by atoms with Crippen molar-refractivity contribution in [1.82, 2.24) is 0 Å². The highest BCUT2D eigenvalue weighted by atomic mass is 16.3. The summed E-state index contributed by atoms with van der Waals surface area (Å²) in [6, 6.07) is 0. The van der Waals surface area contributed by atoms with E-state index in [9.17, 15) is 10.2 Å². The predicted molar refractivity (Wildman–Crippen MR) is 70.8 cm³/mol. The van der Waals surface area contributed by atoms with Gasteiger partial charge in [-0.25, -0.2) is 0 Å². The lowest BCUT2D eigenvalue weighted by molar-refractivity contribution is -0.912. The first-order valence-corrected chi connectivity index (χ1v) is 7.77. The second-order valence-corrected chi connectivity index (χ2v) is 6.17. The second-order valence-electron chi connectivity index (χ2n) is 6.17. The van der Waals surface area contributed by atoms with Gasteiger partial charge in [-0.2, -0.15) is 0 Å². The van der Waals surface area contributed by atoms with Crippen molar-refractivity contribution < 1.29 is 20.0 Å². The van der Waals surface area contributed by atoms with E-state index < -0.39 is 0 Å². The number of aliphatic hydroxyl groups excluding tert-OH is 2. The molecule has 2 heterocycles. The third-order valence-corrected chi connectivity index (χ3v) is 4.64. The molecule has 2 saturated heterocycles. The van der Waals surface area contributed by atoms with Crippen LogP contribution in [0, 0.1) is 0 Å². The summed E-state index contributed by atoms with van der Waals surface area (Å²) < 4.78 is 0. The number of quaternary nitrogens is 2. The van der Waals surface area contributed by atoms with Crippen molar-refractivity contribution in [2.75, 3.05) is 39.3 Å². The lowest BCUT2D eigenvalue weighted by Crippen LogP contribution is -3.14. The van der Waals surface area contributed by atoms with Gasteiger partial charge in [0.2, 0.25) is 0 Å². The Morgan fingerprint density at radius 1 is 0.667 bits per heavy atom. The number of aliphatic hydroxyl groups is 2. The van der Waals surface area contributed by atoms with E-state index >= 15 is 0 Å². The van der Waals surface area contributed by atoms with Crippen molar-refractivity contribution in [1.29, 1.82) is 0 Å². The SMILES string of the molecule is OC1CC[NH+](CCCC[NH+]2CCC(O)CC2)CC1. The molecule has 0 radical (unpaired) electrons. The van der Waals surface area contributed by atoms with Gasteiger partial charge in [-0.1, -0.05) is 0 Å². The summed E-state index contributed by atoms with van der Waals surface area (Å²) in [6.45, 7) is 7.19. The minimum atomic E-state index is -0.0297. The average Bonchev–Trinajstić information content (AvgIpc) is 2.39. The van der Waals surface area contributed by atoms with Crippen LogP contribution in [0.15, 0.2) is 0 Å². The van der Waals surface area contributed by atoms with Crippen molar-refractivity contribution in [3.05, 3.63) is 0 Å². The van der Waals surface area contributed by atoms with Gasteiger partial charge in [0.05, 0.1) is 51.5 Å². The van der Waals surface area contributed by atoms with Crippen molar-refractivity contribution >= 4 is 0 Å². The van der Waals surface area contributed by atoms with Crippen LogP contribution in [-0.4, -0.2) is 61.7 Å². The molecular formula is C14H30N2O2+2. The molecule has 0 spiro atoms. The van der Waals surface area contributed by atoms with Gasteiger partial charge < -0.3 is 20.0 Å². The number of likely N-dealkylation sites (tertiary alicyclic amines) is 2. The van der Waals surface area contributed by atoms with Crippen LogP contribution in [-0.2, 0) is 0 Å². The highest BCUT2D eigenvalue weighted by Gasteiger charge is 2.21. The minimum Gasteiger partial charge on any atom is -0.393 e. The molecule has 0 saturated carbocycles. The highest BCUT2D eigenvalue weighted by Crippen LogP contribution is 1.98. The van der Waals surface area contributed by atoms with Crippen LogP contribution < -0.4 is 9.80 Å². The quantitative estimate of drug-likeness (QED) is 0.425. The molecule has 2 rings (SSSR count). The van der Waals surface area contributed by atoms with E-state index in [1.807, 2.05) is 0 Å². The largest absolute Gasteiger partial charge is 0.393 e. The number of piperidine rings is 2. The maximum Gasteiger partial charge on any atom is 0.0796 e. The Labute approximate surface area is 111 Å². The Morgan fingerprint density at radius 3 is 1.33 bits per heavy atom. The van der Waals surface area contributed by atoms with Crippen LogP contribution >= 0.6 is 0 Å². The molecule has 106 valence electrons. The molecule has 0 amide bonds. The van der Waals surface area contributed by atoms with Crippen molar-refractivity contribution in [2.24, 2.45) is 0 Å².